The summed E-state index contributed by atoms with van der Waals surface area (Å²) in [4.78, 5) is 0. The van der Waals surface area contributed by atoms with E-state index in [1.807, 2.05) is 6.20 Å². The first-order chi connectivity index (χ1) is 8.89. The topological polar surface area (TPSA) is 29.9 Å². The predicted molar refractivity (Wildman–Crippen MR) is 80.2 cm³/mol. The highest BCUT2D eigenvalue weighted by atomic mass is 15.3. The molecule has 1 heterocycles. The van der Waals surface area contributed by atoms with Crippen molar-refractivity contribution in [1.29, 1.82) is 0 Å². The first kappa shape index (κ1) is 14.6. The SMILES string of the molecule is CC(C)NCC1CCC(C)(C)CC1c1ccnn1C. The molecule has 0 bridgehead atoms. The van der Waals surface area contributed by atoms with Crippen LogP contribution in [-0.2, 0) is 7.05 Å². The van der Waals surface area contributed by atoms with E-state index in [0.29, 0.717) is 17.4 Å². The standard InChI is InChI=1S/C16H29N3/c1-12(2)17-11-13-6-8-16(3,4)10-14(13)15-7-9-18-19(15)5/h7,9,12-14,17H,6,8,10-11H2,1-5H3. The van der Waals surface area contributed by atoms with E-state index in [4.69, 9.17) is 0 Å². The van der Waals surface area contributed by atoms with E-state index in [1.165, 1.54) is 25.0 Å². The molecule has 2 rings (SSSR count). The maximum Gasteiger partial charge on any atom is 0.0492 e. The molecule has 3 nitrogen and oxygen atoms in total. The van der Waals surface area contributed by atoms with Gasteiger partial charge in [-0.25, -0.2) is 0 Å². The van der Waals surface area contributed by atoms with Crippen molar-refractivity contribution < 1.29 is 0 Å². The van der Waals surface area contributed by atoms with Crippen LogP contribution in [0.4, 0.5) is 0 Å². The number of aromatic nitrogens is 2. The minimum absolute atomic E-state index is 0.462. The van der Waals surface area contributed by atoms with Gasteiger partial charge in [0.1, 0.15) is 0 Å². The summed E-state index contributed by atoms with van der Waals surface area (Å²) in [5, 5.41) is 7.99. The van der Waals surface area contributed by atoms with E-state index < -0.39 is 0 Å². The van der Waals surface area contributed by atoms with Crippen molar-refractivity contribution in [3.8, 4) is 0 Å². The van der Waals surface area contributed by atoms with E-state index in [0.717, 1.165) is 12.5 Å². The van der Waals surface area contributed by atoms with Crippen LogP contribution in [0.1, 0.15) is 58.6 Å². The zero-order chi connectivity index (χ0) is 14.0. The van der Waals surface area contributed by atoms with Crippen molar-refractivity contribution in [2.75, 3.05) is 6.54 Å². The summed E-state index contributed by atoms with van der Waals surface area (Å²) in [5.74, 6) is 1.38. The molecule has 2 unspecified atom stereocenters. The van der Waals surface area contributed by atoms with Gasteiger partial charge in [-0.05, 0) is 43.2 Å². The second kappa shape index (κ2) is 5.66. The number of nitrogens with one attached hydrogen (secondary N) is 1. The van der Waals surface area contributed by atoms with Crippen LogP contribution in [0.5, 0.6) is 0 Å². The highest BCUT2D eigenvalue weighted by Crippen LogP contribution is 2.46. The molecule has 1 aliphatic carbocycles. The molecule has 3 heteroatoms. The molecule has 0 saturated heterocycles. The van der Waals surface area contributed by atoms with Gasteiger partial charge in [-0.2, -0.15) is 5.10 Å². The third-order valence-corrected chi connectivity index (χ3v) is 4.56. The van der Waals surface area contributed by atoms with Crippen molar-refractivity contribution in [2.45, 2.75) is 58.9 Å². The van der Waals surface area contributed by atoms with Crippen molar-refractivity contribution in [3.63, 3.8) is 0 Å². The highest BCUT2D eigenvalue weighted by Gasteiger charge is 2.36. The number of aryl methyl sites for hydroxylation is 1. The Morgan fingerprint density at radius 1 is 1.47 bits per heavy atom. The van der Waals surface area contributed by atoms with Gasteiger partial charge in [0.15, 0.2) is 0 Å². The molecule has 19 heavy (non-hydrogen) atoms. The van der Waals surface area contributed by atoms with Gasteiger partial charge in [0, 0.05) is 30.9 Å². The summed E-state index contributed by atoms with van der Waals surface area (Å²) >= 11 is 0. The maximum absolute atomic E-state index is 4.37. The maximum atomic E-state index is 4.37. The fourth-order valence-corrected chi connectivity index (χ4v) is 3.37. The largest absolute Gasteiger partial charge is 0.314 e. The van der Waals surface area contributed by atoms with Crippen LogP contribution in [0.25, 0.3) is 0 Å². The molecule has 1 fully saturated rings. The number of rotatable bonds is 4. The molecule has 108 valence electrons. The van der Waals surface area contributed by atoms with Gasteiger partial charge in [-0.15, -0.1) is 0 Å². The molecule has 0 aromatic carbocycles. The second-order valence-corrected chi connectivity index (χ2v) is 7.22. The van der Waals surface area contributed by atoms with E-state index >= 15 is 0 Å². The van der Waals surface area contributed by atoms with Gasteiger partial charge in [0.25, 0.3) is 0 Å². The Kier molecular flexibility index (Phi) is 4.34. The fourth-order valence-electron chi connectivity index (χ4n) is 3.37. The van der Waals surface area contributed by atoms with Crippen LogP contribution >= 0.6 is 0 Å². The lowest BCUT2D eigenvalue weighted by Gasteiger charge is -2.41. The molecular weight excluding hydrogens is 234 g/mol. The van der Waals surface area contributed by atoms with Crippen LogP contribution < -0.4 is 5.32 Å². The third-order valence-electron chi connectivity index (χ3n) is 4.56. The molecule has 0 amide bonds. The Morgan fingerprint density at radius 3 is 2.79 bits per heavy atom. The lowest BCUT2D eigenvalue weighted by Crippen LogP contribution is -2.37. The zero-order valence-corrected chi connectivity index (χ0v) is 13.1. The van der Waals surface area contributed by atoms with Gasteiger partial charge >= 0.3 is 0 Å². The fraction of sp³-hybridized carbons (Fsp3) is 0.812. The molecule has 0 aliphatic heterocycles. The molecule has 1 saturated carbocycles. The Balaban J connectivity index is 2.14. The van der Waals surface area contributed by atoms with E-state index in [-0.39, 0.29) is 0 Å². The lowest BCUT2D eigenvalue weighted by molar-refractivity contribution is 0.153. The smallest absolute Gasteiger partial charge is 0.0492 e. The lowest BCUT2D eigenvalue weighted by atomic mass is 9.66. The Labute approximate surface area is 117 Å². The van der Waals surface area contributed by atoms with E-state index in [9.17, 15) is 0 Å². The summed E-state index contributed by atoms with van der Waals surface area (Å²) in [5.41, 5.74) is 1.87. The van der Waals surface area contributed by atoms with Crippen LogP contribution in [0.2, 0.25) is 0 Å². The summed E-state index contributed by atoms with van der Waals surface area (Å²) in [6, 6.07) is 2.77. The second-order valence-electron chi connectivity index (χ2n) is 7.22. The van der Waals surface area contributed by atoms with E-state index in [1.54, 1.807) is 0 Å². The monoisotopic (exact) mass is 263 g/mol. The molecule has 0 radical (unpaired) electrons. The summed E-state index contributed by atoms with van der Waals surface area (Å²) in [6.07, 6.45) is 5.87. The van der Waals surface area contributed by atoms with Gasteiger partial charge in [-0.3, -0.25) is 4.68 Å². The average molecular weight is 263 g/mol. The first-order valence-electron chi connectivity index (χ1n) is 7.60. The number of hydrogen-bond donors (Lipinski definition) is 1. The van der Waals surface area contributed by atoms with Gasteiger partial charge < -0.3 is 5.32 Å². The third kappa shape index (κ3) is 3.59. The molecule has 1 aromatic heterocycles. The van der Waals surface area contributed by atoms with E-state index in [2.05, 4.69) is 55.9 Å². The van der Waals surface area contributed by atoms with Crippen LogP contribution in [-0.4, -0.2) is 22.4 Å². The Bertz CT molecular complexity index is 404. The molecule has 1 aromatic rings. The summed E-state index contributed by atoms with van der Waals surface area (Å²) in [7, 11) is 2.07. The minimum Gasteiger partial charge on any atom is -0.314 e. The normalized spacial score (nSPS) is 26.8. The summed E-state index contributed by atoms with van der Waals surface area (Å²) in [6.45, 7) is 10.4. The van der Waals surface area contributed by atoms with Crippen molar-refractivity contribution in [2.24, 2.45) is 18.4 Å². The number of hydrogen-bond acceptors (Lipinski definition) is 2. The quantitative estimate of drug-likeness (QED) is 0.903. The molecular formula is C16H29N3. The van der Waals surface area contributed by atoms with Crippen molar-refractivity contribution in [1.82, 2.24) is 15.1 Å². The van der Waals surface area contributed by atoms with Crippen molar-refractivity contribution in [3.05, 3.63) is 18.0 Å². The summed E-state index contributed by atoms with van der Waals surface area (Å²) < 4.78 is 2.06. The van der Waals surface area contributed by atoms with Crippen LogP contribution in [0.15, 0.2) is 12.3 Å². The molecule has 1 N–H and O–H groups in total. The molecule has 0 spiro atoms. The Hall–Kier alpha value is -0.830. The Morgan fingerprint density at radius 2 is 2.21 bits per heavy atom. The minimum atomic E-state index is 0.462. The van der Waals surface area contributed by atoms with Gasteiger partial charge in [0.05, 0.1) is 0 Å². The highest BCUT2D eigenvalue weighted by molar-refractivity contribution is 5.12. The van der Waals surface area contributed by atoms with Gasteiger partial charge in [0.2, 0.25) is 0 Å². The average Bonchev–Trinajstić information content (AvgIpc) is 2.72. The molecule has 1 aliphatic rings. The number of nitrogens with zero attached hydrogens (tertiary/aromatic N) is 2. The van der Waals surface area contributed by atoms with Crippen LogP contribution in [0.3, 0.4) is 0 Å². The first-order valence-corrected chi connectivity index (χ1v) is 7.60. The van der Waals surface area contributed by atoms with Crippen molar-refractivity contribution >= 4 is 0 Å². The van der Waals surface area contributed by atoms with Gasteiger partial charge in [-0.1, -0.05) is 27.7 Å². The predicted octanol–water partition coefficient (Wildman–Crippen LogP) is 3.33. The zero-order valence-electron chi connectivity index (χ0n) is 13.1. The molecule has 2 atom stereocenters. The van der Waals surface area contributed by atoms with Crippen LogP contribution in [0, 0.1) is 11.3 Å².